The number of allylic oxidation sites excluding steroid dienone is 1. The molecule has 0 nitrogen and oxygen atoms in total. The number of hydrogen-bond acceptors (Lipinski definition) is 0. The Morgan fingerprint density at radius 1 is 1.45 bits per heavy atom. The van der Waals surface area contributed by atoms with Crippen LogP contribution in [-0.2, 0) is 0 Å². The monoisotopic (exact) mass is 216 g/mol. The Bertz CT molecular complexity index is 140. The molecule has 1 aliphatic carbocycles. The highest BCUT2D eigenvalue weighted by Gasteiger charge is 2.21. The molecular weight excluding hydrogens is 200 g/mol. The summed E-state index contributed by atoms with van der Waals surface area (Å²) in [6.45, 7) is 6.10. The van der Waals surface area contributed by atoms with E-state index >= 15 is 0 Å². The molecule has 11 heavy (non-hydrogen) atoms. The van der Waals surface area contributed by atoms with Gasteiger partial charge in [0.1, 0.15) is 0 Å². The molecule has 0 aromatic carbocycles. The second-order valence-electron chi connectivity index (χ2n) is 3.72. The summed E-state index contributed by atoms with van der Waals surface area (Å²) in [5.41, 5.74) is 1.33. The highest BCUT2D eigenvalue weighted by atomic mass is 79.9. The third-order valence-electron chi connectivity index (χ3n) is 2.43. The SMILES string of the molecule is C=C(C)CC1CCCCC1Br. The van der Waals surface area contributed by atoms with Gasteiger partial charge in [0, 0.05) is 4.83 Å². The first-order chi connectivity index (χ1) is 5.20. The standard InChI is InChI=1S/C10H17Br/c1-8(2)7-9-5-3-4-6-10(9)11/h9-10H,1,3-7H2,2H3. The maximum Gasteiger partial charge on any atom is 0.0177 e. The van der Waals surface area contributed by atoms with Gasteiger partial charge in [-0.25, -0.2) is 0 Å². The second kappa shape index (κ2) is 4.30. The third kappa shape index (κ3) is 2.98. The molecule has 0 aromatic rings. The molecule has 0 aromatic heterocycles. The van der Waals surface area contributed by atoms with Crippen molar-refractivity contribution in [2.75, 3.05) is 0 Å². The first kappa shape index (κ1) is 9.31. The number of rotatable bonds is 2. The Balaban J connectivity index is 2.35. The lowest BCUT2D eigenvalue weighted by Gasteiger charge is -2.27. The summed E-state index contributed by atoms with van der Waals surface area (Å²) < 4.78 is 0. The third-order valence-corrected chi connectivity index (χ3v) is 3.63. The molecule has 1 rings (SSSR count). The van der Waals surface area contributed by atoms with E-state index in [1.165, 1.54) is 37.7 Å². The molecule has 0 saturated heterocycles. The minimum absolute atomic E-state index is 0.757. The van der Waals surface area contributed by atoms with E-state index in [9.17, 15) is 0 Å². The largest absolute Gasteiger partial charge is 0.100 e. The molecule has 1 aliphatic rings. The number of alkyl halides is 1. The molecule has 0 N–H and O–H groups in total. The van der Waals surface area contributed by atoms with Gasteiger partial charge >= 0.3 is 0 Å². The summed E-state index contributed by atoms with van der Waals surface area (Å²) in [5, 5.41) is 0. The van der Waals surface area contributed by atoms with E-state index in [1.54, 1.807) is 0 Å². The van der Waals surface area contributed by atoms with Gasteiger partial charge in [0.25, 0.3) is 0 Å². The average Bonchev–Trinajstić information content (AvgIpc) is 1.93. The van der Waals surface area contributed by atoms with Crippen molar-refractivity contribution >= 4 is 15.9 Å². The molecule has 2 unspecified atom stereocenters. The van der Waals surface area contributed by atoms with Gasteiger partial charge in [-0.3, -0.25) is 0 Å². The molecule has 1 saturated carbocycles. The number of hydrogen-bond donors (Lipinski definition) is 0. The van der Waals surface area contributed by atoms with E-state index in [1.807, 2.05) is 0 Å². The molecule has 0 amide bonds. The summed E-state index contributed by atoms with van der Waals surface area (Å²) in [7, 11) is 0. The molecule has 1 heteroatoms. The van der Waals surface area contributed by atoms with Crippen LogP contribution in [0.4, 0.5) is 0 Å². The number of halogens is 1. The molecule has 0 aliphatic heterocycles. The van der Waals surface area contributed by atoms with E-state index in [4.69, 9.17) is 0 Å². The van der Waals surface area contributed by atoms with Gasteiger partial charge in [-0.05, 0) is 32.1 Å². The maximum absolute atomic E-state index is 3.96. The Kier molecular flexibility index (Phi) is 3.64. The molecule has 0 bridgehead atoms. The van der Waals surface area contributed by atoms with Gasteiger partial charge in [0.05, 0.1) is 0 Å². The second-order valence-corrected chi connectivity index (χ2v) is 4.90. The normalized spacial score (nSPS) is 31.8. The Hall–Kier alpha value is 0.220. The molecule has 2 atom stereocenters. The predicted octanol–water partition coefficient (Wildman–Crippen LogP) is 3.91. The van der Waals surface area contributed by atoms with E-state index in [-0.39, 0.29) is 0 Å². The fraction of sp³-hybridized carbons (Fsp3) is 0.800. The van der Waals surface area contributed by atoms with Gasteiger partial charge in [-0.15, -0.1) is 6.58 Å². The van der Waals surface area contributed by atoms with Crippen LogP contribution in [0.15, 0.2) is 12.2 Å². The Labute approximate surface area is 78.2 Å². The smallest absolute Gasteiger partial charge is 0.0177 e. The Morgan fingerprint density at radius 3 is 2.64 bits per heavy atom. The van der Waals surface area contributed by atoms with Crippen molar-refractivity contribution in [2.24, 2.45) is 5.92 Å². The molecule has 0 spiro atoms. The highest BCUT2D eigenvalue weighted by molar-refractivity contribution is 9.09. The summed E-state index contributed by atoms with van der Waals surface area (Å²) in [6.07, 6.45) is 6.79. The van der Waals surface area contributed by atoms with E-state index in [0.29, 0.717) is 0 Å². The fourth-order valence-electron chi connectivity index (χ4n) is 1.84. The van der Waals surface area contributed by atoms with E-state index in [0.717, 1.165) is 10.7 Å². The van der Waals surface area contributed by atoms with Crippen LogP contribution in [0.1, 0.15) is 39.0 Å². The van der Waals surface area contributed by atoms with Gasteiger partial charge < -0.3 is 0 Å². The van der Waals surface area contributed by atoms with Crippen molar-refractivity contribution in [1.29, 1.82) is 0 Å². The topological polar surface area (TPSA) is 0 Å². The highest BCUT2D eigenvalue weighted by Crippen LogP contribution is 2.33. The van der Waals surface area contributed by atoms with E-state index < -0.39 is 0 Å². The van der Waals surface area contributed by atoms with Crippen molar-refractivity contribution in [1.82, 2.24) is 0 Å². The van der Waals surface area contributed by atoms with Crippen LogP contribution in [0.5, 0.6) is 0 Å². The van der Waals surface area contributed by atoms with Gasteiger partial charge in [0.15, 0.2) is 0 Å². The maximum atomic E-state index is 3.96. The lowest BCUT2D eigenvalue weighted by Crippen LogP contribution is -2.19. The first-order valence-corrected chi connectivity index (χ1v) is 5.40. The quantitative estimate of drug-likeness (QED) is 0.486. The van der Waals surface area contributed by atoms with Crippen molar-refractivity contribution in [3.8, 4) is 0 Å². The van der Waals surface area contributed by atoms with Crippen LogP contribution >= 0.6 is 15.9 Å². The first-order valence-electron chi connectivity index (χ1n) is 4.48. The van der Waals surface area contributed by atoms with Crippen LogP contribution in [-0.4, -0.2) is 4.83 Å². The zero-order valence-corrected chi connectivity index (χ0v) is 8.86. The van der Waals surface area contributed by atoms with Crippen LogP contribution in [0.25, 0.3) is 0 Å². The molecular formula is C10H17Br. The van der Waals surface area contributed by atoms with Crippen LogP contribution in [0.2, 0.25) is 0 Å². The molecule has 0 radical (unpaired) electrons. The van der Waals surface area contributed by atoms with Gasteiger partial charge in [-0.1, -0.05) is 34.3 Å². The van der Waals surface area contributed by atoms with Crippen molar-refractivity contribution in [2.45, 2.75) is 43.9 Å². The molecule has 64 valence electrons. The van der Waals surface area contributed by atoms with Gasteiger partial charge in [0.2, 0.25) is 0 Å². The summed E-state index contributed by atoms with van der Waals surface area (Å²) in [4.78, 5) is 0.757. The fourth-order valence-corrected chi connectivity index (χ4v) is 2.61. The lowest BCUT2D eigenvalue weighted by atomic mass is 9.85. The predicted molar refractivity (Wildman–Crippen MR) is 54.1 cm³/mol. The van der Waals surface area contributed by atoms with Gasteiger partial charge in [-0.2, -0.15) is 0 Å². The zero-order valence-electron chi connectivity index (χ0n) is 7.28. The van der Waals surface area contributed by atoms with Crippen molar-refractivity contribution in [3.05, 3.63) is 12.2 Å². The van der Waals surface area contributed by atoms with E-state index in [2.05, 4.69) is 29.4 Å². The summed E-state index contributed by atoms with van der Waals surface area (Å²) in [5.74, 6) is 0.862. The van der Waals surface area contributed by atoms with Crippen molar-refractivity contribution in [3.63, 3.8) is 0 Å². The van der Waals surface area contributed by atoms with Crippen molar-refractivity contribution < 1.29 is 0 Å². The van der Waals surface area contributed by atoms with Crippen LogP contribution in [0.3, 0.4) is 0 Å². The molecule has 0 heterocycles. The Morgan fingerprint density at radius 2 is 2.09 bits per heavy atom. The minimum Gasteiger partial charge on any atom is -0.100 e. The van der Waals surface area contributed by atoms with Crippen LogP contribution in [0, 0.1) is 5.92 Å². The van der Waals surface area contributed by atoms with Crippen LogP contribution < -0.4 is 0 Å². The average molecular weight is 217 g/mol. The molecule has 1 fully saturated rings. The minimum atomic E-state index is 0.757. The summed E-state index contributed by atoms with van der Waals surface area (Å²) >= 11 is 3.74. The summed E-state index contributed by atoms with van der Waals surface area (Å²) in [6, 6.07) is 0. The zero-order chi connectivity index (χ0) is 8.27. The lowest BCUT2D eigenvalue weighted by molar-refractivity contribution is 0.373.